The predicted octanol–water partition coefficient (Wildman–Crippen LogP) is 4.92. The summed E-state index contributed by atoms with van der Waals surface area (Å²) >= 11 is 0. The summed E-state index contributed by atoms with van der Waals surface area (Å²) in [6.45, 7) is 3.42. The van der Waals surface area contributed by atoms with Crippen LogP contribution < -0.4 is 5.32 Å². The number of hydrogen-bond acceptors (Lipinski definition) is 5. The van der Waals surface area contributed by atoms with Gasteiger partial charge in [-0.3, -0.25) is 9.97 Å². The maximum atomic E-state index is 13.9. The number of halogens is 1. The average molecular weight is 536 g/mol. The molecule has 0 aliphatic heterocycles. The van der Waals surface area contributed by atoms with Gasteiger partial charge in [-0.1, -0.05) is 0 Å². The third kappa shape index (κ3) is 3.70. The highest BCUT2D eigenvalue weighted by Gasteiger charge is 2.70. The van der Waals surface area contributed by atoms with Gasteiger partial charge in [-0.05, 0) is 61.9 Å². The standard InChI is InChI=1S/C30H30FN9/c1-19(29-15-30(31,16-29)17-29)33-12-23-7-21-11-34-24(9-26(21)36-23)14-39-18-35-27(37-39)22-8-25(13-32-10-22)40-6-4-20-3-5-38(2)28(20)40/h3-11,13,18-19,33,36H,12,14-17H2,1-2H3. The first kappa shape index (κ1) is 23.6. The third-order valence-corrected chi connectivity index (χ3v) is 8.96. The molecule has 6 aromatic rings. The van der Waals surface area contributed by atoms with Crippen molar-refractivity contribution in [3.05, 3.63) is 79.0 Å². The molecule has 202 valence electrons. The van der Waals surface area contributed by atoms with Crippen LogP contribution in [-0.2, 0) is 20.1 Å². The predicted molar refractivity (Wildman–Crippen MR) is 151 cm³/mol. The quantitative estimate of drug-likeness (QED) is 0.289. The first-order valence-electron chi connectivity index (χ1n) is 13.7. The zero-order valence-corrected chi connectivity index (χ0v) is 22.5. The molecule has 3 saturated carbocycles. The number of aromatic amines is 1. The van der Waals surface area contributed by atoms with E-state index in [4.69, 9.17) is 5.10 Å². The Balaban J connectivity index is 0.968. The Kier molecular flexibility index (Phi) is 4.92. The maximum absolute atomic E-state index is 13.9. The van der Waals surface area contributed by atoms with Gasteiger partial charge >= 0.3 is 0 Å². The fraction of sp³-hybridized carbons (Fsp3) is 0.333. The Morgan fingerprint density at radius 1 is 1.05 bits per heavy atom. The van der Waals surface area contributed by atoms with E-state index in [1.807, 2.05) is 19.4 Å². The Labute approximate surface area is 230 Å². The summed E-state index contributed by atoms with van der Waals surface area (Å²) in [6, 6.07) is 10.8. The molecule has 2 bridgehead atoms. The van der Waals surface area contributed by atoms with Crippen molar-refractivity contribution in [3.8, 4) is 17.1 Å². The molecular weight excluding hydrogens is 505 g/mol. The average Bonchev–Trinajstić information content (AvgIpc) is 3.70. The van der Waals surface area contributed by atoms with Crippen LogP contribution in [0.4, 0.5) is 4.39 Å². The number of aryl methyl sites for hydroxylation is 1. The lowest BCUT2D eigenvalue weighted by atomic mass is 9.40. The highest BCUT2D eigenvalue weighted by atomic mass is 19.1. The fourth-order valence-electron chi connectivity index (χ4n) is 6.75. The van der Waals surface area contributed by atoms with Gasteiger partial charge in [0.25, 0.3) is 0 Å². The van der Waals surface area contributed by atoms with E-state index in [0.717, 1.165) is 45.7 Å². The molecule has 1 atom stereocenters. The summed E-state index contributed by atoms with van der Waals surface area (Å²) in [5.74, 6) is 0.621. The number of nitrogens with one attached hydrogen (secondary N) is 2. The molecule has 1 unspecified atom stereocenters. The molecular formula is C30H30FN9. The molecule has 2 N–H and O–H groups in total. The SMILES string of the molecule is CC(NCc1cc2cnc(Cn3cnc(-c4cncc(-n5ccc6ccn(C)c65)c4)n3)cc2[nH]1)C12CC(F)(C1)C2. The molecule has 9 nitrogen and oxygen atoms in total. The van der Waals surface area contributed by atoms with Gasteiger partial charge in [0.2, 0.25) is 0 Å². The van der Waals surface area contributed by atoms with E-state index in [1.165, 1.54) is 5.39 Å². The lowest BCUT2D eigenvalue weighted by Gasteiger charge is -2.68. The topological polar surface area (TPSA) is 94.2 Å². The highest BCUT2D eigenvalue weighted by Crippen LogP contribution is 2.70. The van der Waals surface area contributed by atoms with Gasteiger partial charge in [-0.2, -0.15) is 5.10 Å². The van der Waals surface area contributed by atoms with Crippen LogP contribution in [0.15, 0.2) is 67.6 Å². The summed E-state index contributed by atoms with van der Waals surface area (Å²) in [7, 11) is 2.04. The van der Waals surface area contributed by atoms with E-state index in [-0.39, 0.29) is 5.41 Å². The first-order chi connectivity index (χ1) is 19.4. The van der Waals surface area contributed by atoms with E-state index in [2.05, 4.69) is 84.0 Å². The van der Waals surface area contributed by atoms with Crippen LogP contribution >= 0.6 is 0 Å². The number of rotatable bonds is 8. The van der Waals surface area contributed by atoms with Crippen LogP contribution in [0.3, 0.4) is 0 Å². The Morgan fingerprint density at radius 3 is 2.75 bits per heavy atom. The minimum Gasteiger partial charge on any atom is -0.357 e. The van der Waals surface area contributed by atoms with Crippen LogP contribution in [0, 0.1) is 5.41 Å². The van der Waals surface area contributed by atoms with Gasteiger partial charge in [0.15, 0.2) is 5.82 Å². The molecule has 3 fully saturated rings. The van der Waals surface area contributed by atoms with E-state index in [9.17, 15) is 4.39 Å². The Morgan fingerprint density at radius 2 is 1.90 bits per heavy atom. The molecule has 40 heavy (non-hydrogen) atoms. The molecule has 0 radical (unpaired) electrons. The van der Waals surface area contributed by atoms with Crippen LogP contribution in [0.5, 0.6) is 0 Å². The zero-order valence-electron chi connectivity index (χ0n) is 22.5. The smallest absolute Gasteiger partial charge is 0.182 e. The normalized spacial score (nSPS) is 22.5. The second-order valence-electron chi connectivity index (χ2n) is 11.8. The van der Waals surface area contributed by atoms with Gasteiger partial charge in [-0.25, -0.2) is 14.1 Å². The lowest BCUT2D eigenvalue weighted by molar-refractivity contribution is -0.226. The first-order valence-corrected chi connectivity index (χ1v) is 13.7. The van der Waals surface area contributed by atoms with Crippen LogP contribution in [0.2, 0.25) is 0 Å². The number of nitrogens with zero attached hydrogens (tertiary/aromatic N) is 7. The van der Waals surface area contributed by atoms with Crippen LogP contribution in [0.1, 0.15) is 37.6 Å². The maximum Gasteiger partial charge on any atom is 0.182 e. The van der Waals surface area contributed by atoms with Crippen LogP contribution in [0.25, 0.3) is 39.0 Å². The van der Waals surface area contributed by atoms with E-state index < -0.39 is 5.67 Å². The van der Waals surface area contributed by atoms with Crippen molar-refractivity contribution >= 4 is 21.9 Å². The van der Waals surface area contributed by atoms with Crippen molar-refractivity contribution in [3.63, 3.8) is 0 Å². The second-order valence-corrected chi connectivity index (χ2v) is 11.8. The number of alkyl halides is 1. The van der Waals surface area contributed by atoms with Crippen molar-refractivity contribution in [1.82, 2.24) is 44.2 Å². The summed E-state index contributed by atoms with van der Waals surface area (Å²) in [5, 5.41) is 10.6. The molecule has 6 aromatic heterocycles. The van der Waals surface area contributed by atoms with Gasteiger partial charge in [0.1, 0.15) is 17.6 Å². The zero-order chi connectivity index (χ0) is 27.1. The Bertz CT molecular complexity index is 1870. The minimum absolute atomic E-state index is 0.167. The molecule has 6 heterocycles. The molecule has 3 aliphatic carbocycles. The van der Waals surface area contributed by atoms with Gasteiger partial charge in [0, 0.05) is 72.0 Å². The summed E-state index contributed by atoms with van der Waals surface area (Å²) in [4.78, 5) is 17.2. The molecule has 0 amide bonds. The Hall–Kier alpha value is -4.31. The monoisotopic (exact) mass is 535 g/mol. The molecule has 0 spiro atoms. The summed E-state index contributed by atoms with van der Waals surface area (Å²) in [5.41, 5.74) is 5.27. The van der Waals surface area contributed by atoms with E-state index >= 15 is 0 Å². The minimum atomic E-state index is -0.858. The molecule has 0 saturated heterocycles. The molecule has 10 heteroatoms. The molecule has 0 aromatic carbocycles. The molecule has 3 aliphatic rings. The van der Waals surface area contributed by atoms with Gasteiger partial charge in [0.05, 0.1) is 24.1 Å². The van der Waals surface area contributed by atoms with Crippen molar-refractivity contribution in [1.29, 1.82) is 0 Å². The number of hydrogen-bond donors (Lipinski definition) is 2. The molecule has 9 rings (SSSR count). The number of H-pyrrole nitrogens is 1. The van der Waals surface area contributed by atoms with Gasteiger partial charge < -0.3 is 19.4 Å². The highest BCUT2D eigenvalue weighted by molar-refractivity contribution is 5.80. The second kappa shape index (κ2) is 8.34. The van der Waals surface area contributed by atoms with Crippen molar-refractivity contribution in [2.24, 2.45) is 12.5 Å². The summed E-state index contributed by atoms with van der Waals surface area (Å²) in [6.07, 6.45) is 13.5. The lowest BCUT2D eigenvalue weighted by Crippen LogP contribution is -2.70. The fourth-order valence-corrected chi connectivity index (χ4v) is 6.75. The number of aromatic nitrogens is 8. The van der Waals surface area contributed by atoms with E-state index in [1.54, 1.807) is 17.2 Å². The van der Waals surface area contributed by atoms with Crippen LogP contribution in [-0.4, -0.2) is 50.6 Å². The number of fused-ring (bicyclic) bond motifs is 2. The van der Waals surface area contributed by atoms with Crippen molar-refractivity contribution in [2.75, 3.05) is 0 Å². The summed E-state index contributed by atoms with van der Waals surface area (Å²) < 4.78 is 19.9. The third-order valence-electron chi connectivity index (χ3n) is 8.96. The largest absolute Gasteiger partial charge is 0.357 e. The number of pyridine rings is 2. The van der Waals surface area contributed by atoms with Crippen molar-refractivity contribution < 1.29 is 4.39 Å². The van der Waals surface area contributed by atoms with Crippen molar-refractivity contribution in [2.45, 2.75) is 51.0 Å². The van der Waals surface area contributed by atoms with Gasteiger partial charge in [-0.15, -0.1) is 0 Å². The van der Waals surface area contributed by atoms with E-state index in [0.29, 0.717) is 37.7 Å².